The highest BCUT2D eigenvalue weighted by Crippen LogP contribution is 2.36. The molecule has 0 aliphatic carbocycles. The van der Waals surface area contributed by atoms with Crippen LogP contribution in [0.5, 0.6) is 5.88 Å². The fourth-order valence-corrected chi connectivity index (χ4v) is 4.64. The van der Waals surface area contributed by atoms with Gasteiger partial charge in [0.05, 0.1) is 5.52 Å². The number of aromatic nitrogens is 2. The fraction of sp³-hybridized carbons (Fsp3) is 0.278. The Morgan fingerprint density at radius 1 is 1.11 bits per heavy atom. The predicted molar refractivity (Wildman–Crippen MR) is 101 cm³/mol. The van der Waals surface area contributed by atoms with Crippen LogP contribution in [-0.2, 0) is 10.0 Å². The minimum Gasteiger partial charge on any atom is -0.493 e. The van der Waals surface area contributed by atoms with Crippen molar-refractivity contribution >= 4 is 32.4 Å². The first-order chi connectivity index (χ1) is 13.4. The lowest BCUT2D eigenvalue weighted by Gasteiger charge is -2.25. The standard InChI is InChI=1S/C18H18FN5O3S/c19-12-4-6-15-14(10-12)17(18(25)21-15)23-22-16-7-5-13(11-20-16)28(26,27)24-8-2-1-3-9-24/h4-7,10-11,21,25H,1-3,8-9H2. The number of H-pyrrole nitrogens is 1. The van der Waals surface area contributed by atoms with Crippen molar-refractivity contribution in [1.29, 1.82) is 0 Å². The summed E-state index contributed by atoms with van der Waals surface area (Å²) in [6.45, 7) is 1.03. The lowest BCUT2D eigenvalue weighted by atomic mass is 10.2. The Hall–Kier alpha value is -2.85. The average molecular weight is 403 g/mol. The summed E-state index contributed by atoms with van der Waals surface area (Å²) in [5.74, 6) is -0.537. The number of nitrogens with zero attached hydrogens (tertiary/aromatic N) is 4. The predicted octanol–water partition coefficient (Wildman–Crippen LogP) is 4.00. The summed E-state index contributed by atoms with van der Waals surface area (Å²) >= 11 is 0. The maximum atomic E-state index is 13.5. The number of hydrogen-bond donors (Lipinski definition) is 2. The highest BCUT2D eigenvalue weighted by Gasteiger charge is 2.26. The van der Waals surface area contributed by atoms with Crippen LogP contribution in [0.25, 0.3) is 10.9 Å². The molecule has 28 heavy (non-hydrogen) atoms. The largest absolute Gasteiger partial charge is 0.493 e. The minimum absolute atomic E-state index is 0.0846. The molecule has 146 valence electrons. The molecule has 1 saturated heterocycles. The number of hydrogen-bond acceptors (Lipinski definition) is 6. The molecule has 10 heteroatoms. The van der Waals surface area contributed by atoms with Gasteiger partial charge in [-0.1, -0.05) is 6.42 Å². The normalized spacial score (nSPS) is 16.2. The van der Waals surface area contributed by atoms with Crippen molar-refractivity contribution in [3.8, 4) is 5.88 Å². The van der Waals surface area contributed by atoms with E-state index in [4.69, 9.17) is 0 Å². The Labute approximate surface area is 160 Å². The molecule has 1 fully saturated rings. The first kappa shape index (κ1) is 18.5. The molecule has 1 aliphatic rings. The minimum atomic E-state index is -3.57. The smallest absolute Gasteiger partial charge is 0.244 e. The van der Waals surface area contributed by atoms with Crippen LogP contribution in [0.3, 0.4) is 0 Å². The van der Waals surface area contributed by atoms with Gasteiger partial charge in [-0.2, -0.15) is 4.31 Å². The Kier molecular flexibility index (Phi) is 4.82. The van der Waals surface area contributed by atoms with Crippen molar-refractivity contribution in [2.24, 2.45) is 10.2 Å². The molecule has 8 nitrogen and oxygen atoms in total. The van der Waals surface area contributed by atoms with Crippen molar-refractivity contribution in [1.82, 2.24) is 14.3 Å². The van der Waals surface area contributed by atoms with Crippen molar-refractivity contribution in [2.75, 3.05) is 13.1 Å². The second kappa shape index (κ2) is 7.28. The molecule has 4 rings (SSSR count). The van der Waals surface area contributed by atoms with Crippen molar-refractivity contribution in [3.05, 3.63) is 42.3 Å². The van der Waals surface area contributed by atoms with E-state index >= 15 is 0 Å². The second-order valence-corrected chi connectivity index (χ2v) is 8.47. The molecule has 0 unspecified atom stereocenters. The number of aromatic amines is 1. The van der Waals surface area contributed by atoms with Gasteiger partial charge in [0, 0.05) is 24.7 Å². The number of nitrogens with one attached hydrogen (secondary N) is 1. The number of azo groups is 1. The monoisotopic (exact) mass is 403 g/mol. The number of pyridine rings is 1. The zero-order valence-corrected chi connectivity index (χ0v) is 15.7. The number of piperidine rings is 1. The first-order valence-electron chi connectivity index (χ1n) is 8.83. The van der Waals surface area contributed by atoms with Crippen LogP contribution in [0.2, 0.25) is 0 Å². The maximum Gasteiger partial charge on any atom is 0.244 e. The van der Waals surface area contributed by atoms with Crippen LogP contribution in [-0.4, -0.2) is 40.9 Å². The quantitative estimate of drug-likeness (QED) is 0.641. The van der Waals surface area contributed by atoms with Crippen LogP contribution in [0.4, 0.5) is 15.9 Å². The lowest BCUT2D eigenvalue weighted by molar-refractivity contribution is 0.346. The molecule has 0 saturated carbocycles. The molecule has 1 aliphatic heterocycles. The van der Waals surface area contributed by atoms with Gasteiger partial charge in [-0.3, -0.25) is 0 Å². The molecule has 3 heterocycles. The van der Waals surface area contributed by atoms with Crippen LogP contribution < -0.4 is 0 Å². The maximum absolute atomic E-state index is 13.5. The third-order valence-electron chi connectivity index (χ3n) is 4.64. The molecule has 3 aromatic rings. The summed E-state index contributed by atoms with van der Waals surface area (Å²) in [5, 5.41) is 18.2. The Morgan fingerprint density at radius 2 is 1.89 bits per heavy atom. The average Bonchev–Trinajstić information content (AvgIpc) is 3.01. The number of halogens is 1. The van der Waals surface area contributed by atoms with Gasteiger partial charge in [-0.15, -0.1) is 10.2 Å². The van der Waals surface area contributed by atoms with Crippen molar-refractivity contribution in [3.63, 3.8) is 0 Å². The van der Waals surface area contributed by atoms with Crippen LogP contribution in [0.15, 0.2) is 51.7 Å². The van der Waals surface area contributed by atoms with E-state index < -0.39 is 15.8 Å². The number of fused-ring (bicyclic) bond motifs is 1. The molecule has 0 amide bonds. The van der Waals surface area contributed by atoms with Gasteiger partial charge in [-0.25, -0.2) is 17.8 Å². The molecular weight excluding hydrogens is 385 g/mol. The fourth-order valence-electron chi connectivity index (χ4n) is 3.18. The van der Waals surface area contributed by atoms with E-state index in [1.54, 1.807) is 0 Å². The van der Waals surface area contributed by atoms with E-state index in [0.29, 0.717) is 24.0 Å². The van der Waals surface area contributed by atoms with Gasteiger partial charge < -0.3 is 10.1 Å². The molecule has 0 spiro atoms. The topological polar surface area (TPSA) is 111 Å². The van der Waals surface area contributed by atoms with Crippen molar-refractivity contribution < 1.29 is 17.9 Å². The van der Waals surface area contributed by atoms with Gasteiger partial charge in [0.1, 0.15) is 10.7 Å². The van der Waals surface area contributed by atoms with Gasteiger partial charge >= 0.3 is 0 Å². The van der Waals surface area contributed by atoms with E-state index in [-0.39, 0.29) is 22.3 Å². The van der Waals surface area contributed by atoms with E-state index in [2.05, 4.69) is 20.2 Å². The Bertz CT molecular complexity index is 1140. The number of rotatable bonds is 4. The first-order valence-corrected chi connectivity index (χ1v) is 10.3. The third kappa shape index (κ3) is 3.48. The van der Waals surface area contributed by atoms with Gasteiger partial charge in [0.25, 0.3) is 0 Å². The SMILES string of the molecule is O=S(=O)(c1ccc(N=Nc2c(O)[nH]c3ccc(F)cc23)nc1)N1CCCCC1. The summed E-state index contributed by atoms with van der Waals surface area (Å²) in [5.41, 5.74) is 0.602. The summed E-state index contributed by atoms with van der Waals surface area (Å²) in [6.07, 6.45) is 3.99. The van der Waals surface area contributed by atoms with Crippen LogP contribution >= 0.6 is 0 Å². The third-order valence-corrected chi connectivity index (χ3v) is 6.52. The van der Waals surface area contributed by atoms with E-state index in [0.717, 1.165) is 19.3 Å². The van der Waals surface area contributed by atoms with Gasteiger partial charge in [-0.05, 0) is 43.2 Å². The lowest BCUT2D eigenvalue weighted by Crippen LogP contribution is -2.35. The Balaban J connectivity index is 1.58. The zero-order chi connectivity index (χ0) is 19.7. The molecule has 0 bridgehead atoms. The van der Waals surface area contributed by atoms with Crippen LogP contribution in [0, 0.1) is 5.82 Å². The molecule has 2 N–H and O–H groups in total. The molecule has 0 atom stereocenters. The van der Waals surface area contributed by atoms with E-state index in [1.165, 1.54) is 40.8 Å². The van der Waals surface area contributed by atoms with Crippen LogP contribution in [0.1, 0.15) is 19.3 Å². The summed E-state index contributed by atoms with van der Waals surface area (Å²) in [6, 6.07) is 6.86. The number of aromatic hydroxyl groups is 1. The zero-order valence-electron chi connectivity index (χ0n) is 14.8. The summed E-state index contributed by atoms with van der Waals surface area (Å²) in [7, 11) is -3.57. The number of benzene rings is 1. The highest BCUT2D eigenvalue weighted by atomic mass is 32.2. The Morgan fingerprint density at radius 3 is 2.61 bits per heavy atom. The van der Waals surface area contributed by atoms with Gasteiger partial charge in [0.15, 0.2) is 11.5 Å². The van der Waals surface area contributed by atoms with Crippen molar-refractivity contribution in [2.45, 2.75) is 24.2 Å². The summed E-state index contributed by atoms with van der Waals surface area (Å²) < 4.78 is 40.2. The molecular formula is C18H18FN5O3S. The molecule has 0 radical (unpaired) electrons. The second-order valence-electron chi connectivity index (χ2n) is 6.53. The summed E-state index contributed by atoms with van der Waals surface area (Å²) in [4.78, 5) is 6.82. The molecule has 1 aromatic carbocycles. The molecule has 2 aromatic heterocycles. The van der Waals surface area contributed by atoms with Gasteiger partial charge in [0.2, 0.25) is 15.9 Å². The van der Waals surface area contributed by atoms with E-state index in [1.807, 2.05) is 0 Å². The number of sulfonamides is 1. The highest BCUT2D eigenvalue weighted by molar-refractivity contribution is 7.89. The van der Waals surface area contributed by atoms with E-state index in [9.17, 15) is 17.9 Å².